The smallest absolute Gasteiger partial charge is 0.314 e. The maximum Gasteiger partial charge on any atom is 0.314 e. The van der Waals surface area contributed by atoms with Crippen molar-refractivity contribution >= 4 is 97.0 Å². The van der Waals surface area contributed by atoms with Crippen LogP contribution in [0.2, 0.25) is 0 Å². The van der Waals surface area contributed by atoms with Crippen LogP contribution in [0.1, 0.15) is 48.4 Å². The van der Waals surface area contributed by atoms with Crippen LogP contribution in [0.25, 0.3) is 22.3 Å². The number of hydrogen-bond donors (Lipinski definition) is 1. The summed E-state index contributed by atoms with van der Waals surface area (Å²) in [6.45, 7) is 7.32. The van der Waals surface area contributed by atoms with Crippen molar-refractivity contribution in [3.63, 3.8) is 0 Å². The van der Waals surface area contributed by atoms with Crippen LogP contribution in [0, 0.1) is 10.8 Å². The van der Waals surface area contributed by atoms with E-state index in [0.717, 1.165) is 26.6 Å². The second-order valence-electron chi connectivity index (χ2n) is 13.2. The molecule has 58 heavy (non-hydrogen) atoms. The molecule has 0 bridgehead atoms. The zero-order chi connectivity index (χ0) is 43.5. The number of hydrogen-bond acceptors (Lipinski definition) is 13. The number of primary amides is 1. The zero-order valence-electron chi connectivity index (χ0n) is 33.7. The summed E-state index contributed by atoms with van der Waals surface area (Å²) in [7, 11) is 2.91. The molecule has 0 saturated heterocycles. The van der Waals surface area contributed by atoms with Gasteiger partial charge in [0, 0.05) is 46.8 Å². The second-order valence-corrected chi connectivity index (χ2v) is 20.6. The Morgan fingerprint density at radius 3 is 1.38 bits per heavy atom. The Morgan fingerprint density at radius 1 is 0.724 bits per heavy atom. The van der Waals surface area contributed by atoms with Gasteiger partial charge in [0.25, 0.3) is 5.91 Å². The third-order valence-corrected chi connectivity index (χ3v) is 12.2. The van der Waals surface area contributed by atoms with Gasteiger partial charge in [0.2, 0.25) is 17.7 Å². The number of nitrogens with zero attached hydrogens (tertiary/aromatic N) is 3. The monoisotopic (exact) mass is 978 g/mol. The summed E-state index contributed by atoms with van der Waals surface area (Å²) in [4.78, 5) is 59.2. The molecule has 0 aliphatic rings. The molecule has 4 aromatic rings. The molecular formula is C41H47IN4O8S4. The number of halogens is 1. The lowest BCUT2D eigenvalue weighted by Gasteiger charge is -2.21. The van der Waals surface area contributed by atoms with Gasteiger partial charge in [0.15, 0.2) is 0 Å². The normalized spacial score (nSPS) is 11.1. The van der Waals surface area contributed by atoms with Crippen molar-refractivity contribution in [2.45, 2.75) is 27.7 Å². The summed E-state index contributed by atoms with van der Waals surface area (Å²) < 4.78 is 24.0. The first-order valence-electron chi connectivity index (χ1n) is 17.2. The summed E-state index contributed by atoms with van der Waals surface area (Å²) in [5, 5.41) is 0. The summed E-state index contributed by atoms with van der Waals surface area (Å²) >= 11 is 9.55. The highest BCUT2D eigenvalue weighted by Crippen LogP contribution is 2.25. The van der Waals surface area contributed by atoms with E-state index in [2.05, 4.69) is 52.7 Å². The molecule has 0 aliphatic carbocycles. The third-order valence-electron chi connectivity index (χ3n) is 7.74. The molecule has 0 saturated carbocycles. The predicted octanol–water partition coefficient (Wildman–Crippen LogP) is 9.04. The lowest BCUT2D eigenvalue weighted by molar-refractivity contribution is -0.153. The maximum atomic E-state index is 12.2. The standard InChI is InChI=1S/C21H24N2O4S2.C18H20N2O4.C2H3IS2/c1-21(2,19(25)26-3)13-27-17-11-10-16(12-22-17)14-6-8-15(9-7-14)18(24)23-20(28-4)29-5;1-18(2,17(22)23-3)11-24-15-9-8-14(10-20-15)12-4-6-13(7-5-12)16(19)21;1-5(3)2-4/h6-12H,13H2,1-5H3;4-10H,11H2,1-3H3,(H2,19,21);1H3. The largest absolute Gasteiger partial charge is 0.476 e. The van der Waals surface area contributed by atoms with E-state index in [9.17, 15) is 19.2 Å². The van der Waals surface area contributed by atoms with E-state index in [-0.39, 0.29) is 38.7 Å². The lowest BCUT2D eigenvalue weighted by atomic mass is 9.95. The number of thioether (sulfide) groups is 2. The third kappa shape index (κ3) is 16.6. The van der Waals surface area contributed by atoms with Crippen LogP contribution >= 0.6 is 64.6 Å². The summed E-state index contributed by atoms with van der Waals surface area (Å²) in [5.41, 5.74) is 8.31. The first-order chi connectivity index (χ1) is 27.4. The molecule has 12 nitrogen and oxygen atoms in total. The lowest BCUT2D eigenvalue weighted by Crippen LogP contribution is -2.32. The van der Waals surface area contributed by atoms with E-state index in [4.69, 9.17) is 24.7 Å². The molecule has 4 rings (SSSR count). The van der Waals surface area contributed by atoms with Crippen molar-refractivity contribution in [1.29, 1.82) is 0 Å². The van der Waals surface area contributed by atoms with Gasteiger partial charge in [0.05, 0.1) is 25.0 Å². The molecule has 310 valence electrons. The minimum Gasteiger partial charge on any atom is -0.476 e. The highest BCUT2D eigenvalue weighted by atomic mass is 127. The highest BCUT2D eigenvalue weighted by molar-refractivity contribution is 14.2. The number of methoxy groups -OCH3 is 2. The fourth-order valence-corrected chi connectivity index (χ4v) is 5.42. The quantitative estimate of drug-likeness (QED) is 0.0470. The van der Waals surface area contributed by atoms with E-state index in [1.807, 2.05) is 43.0 Å². The Balaban J connectivity index is 0.000000363. The molecule has 2 heterocycles. The van der Waals surface area contributed by atoms with Gasteiger partial charge >= 0.3 is 11.9 Å². The van der Waals surface area contributed by atoms with E-state index in [0.29, 0.717) is 22.9 Å². The Labute approximate surface area is 368 Å². The van der Waals surface area contributed by atoms with Crippen LogP contribution in [0.3, 0.4) is 0 Å². The molecule has 2 amide bonds. The Hall–Kier alpha value is -4.13. The average molecular weight is 979 g/mol. The van der Waals surface area contributed by atoms with Crippen LogP contribution in [-0.4, -0.2) is 88.6 Å². The number of benzene rings is 2. The number of ether oxygens (including phenoxy) is 4. The van der Waals surface area contributed by atoms with Crippen LogP contribution in [0.15, 0.2) is 90.2 Å². The SMILES string of the molecule is COC(=O)C(C)(C)COc1ccc(-c2ccc(C(=O)N=C(SC)SC)cc2)cn1.COC(=O)C(C)(C)COc1ccc(-c2ccc(C(N)=O)cc2)cn1.CS(I)=C=S. The van der Waals surface area contributed by atoms with Gasteiger partial charge in [-0.2, -0.15) is 4.99 Å². The number of aromatic nitrogens is 2. The molecule has 0 spiro atoms. The van der Waals surface area contributed by atoms with Gasteiger partial charge < -0.3 is 24.7 Å². The van der Waals surface area contributed by atoms with Gasteiger partial charge in [-0.3, -0.25) is 19.2 Å². The second kappa shape index (κ2) is 24.7. The number of rotatable bonds is 12. The summed E-state index contributed by atoms with van der Waals surface area (Å²) in [6.07, 6.45) is 9.16. The molecule has 0 radical (unpaired) electrons. The van der Waals surface area contributed by atoms with Crippen molar-refractivity contribution in [3.05, 3.63) is 96.3 Å². The van der Waals surface area contributed by atoms with Gasteiger partial charge in [-0.1, -0.05) is 31.9 Å². The van der Waals surface area contributed by atoms with Gasteiger partial charge in [-0.05, 0) is 132 Å². The molecular weight excluding hydrogens is 932 g/mol. The molecule has 0 fully saturated rings. The summed E-state index contributed by atoms with van der Waals surface area (Å²) in [6, 6.07) is 21.4. The molecule has 1 atom stereocenters. The van der Waals surface area contributed by atoms with E-state index < -0.39 is 16.7 Å². The zero-order valence-corrected chi connectivity index (χ0v) is 39.1. The number of pyridine rings is 2. The Kier molecular flexibility index (Phi) is 21.3. The van der Waals surface area contributed by atoms with E-state index in [1.54, 1.807) is 88.6 Å². The van der Waals surface area contributed by atoms with Gasteiger partial charge in [-0.25, -0.2) is 9.97 Å². The van der Waals surface area contributed by atoms with Crippen molar-refractivity contribution in [2.24, 2.45) is 21.6 Å². The molecule has 1 unspecified atom stereocenters. The number of thiocarbonyl (C=S) groups is 1. The van der Waals surface area contributed by atoms with Crippen molar-refractivity contribution in [2.75, 3.05) is 46.2 Å². The van der Waals surface area contributed by atoms with Crippen molar-refractivity contribution in [3.8, 4) is 34.0 Å². The number of amides is 2. The van der Waals surface area contributed by atoms with Gasteiger partial charge in [0.1, 0.15) is 17.6 Å². The van der Waals surface area contributed by atoms with Crippen molar-refractivity contribution < 1.29 is 38.1 Å². The molecule has 2 N–H and O–H groups in total. The number of carbonyl (C=O) groups excluding carboxylic acids is 4. The number of aliphatic imine (C=N–C) groups is 1. The highest BCUT2D eigenvalue weighted by Gasteiger charge is 2.30. The molecule has 17 heteroatoms. The molecule has 0 aliphatic heterocycles. The number of esters is 2. The van der Waals surface area contributed by atoms with Gasteiger partial charge in [-0.15, -0.1) is 23.5 Å². The van der Waals surface area contributed by atoms with Crippen LogP contribution in [-0.2, 0) is 19.1 Å². The number of carbonyl (C=O) groups is 4. The van der Waals surface area contributed by atoms with Crippen LogP contribution in [0.5, 0.6) is 11.8 Å². The minimum absolute atomic E-state index is 0.164. The topological polar surface area (TPSA) is 169 Å². The van der Waals surface area contributed by atoms with E-state index in [1.165, 1.54) is 37.7 Å². The Bertz CT molecular complexity index is 2060. The Morgan fingerprint density at radius 2 is 1.09 bits per heavy atom. The molecule has 2 aromatic carbocycles. The fourth-order valence-electron chi connectivity index (χ4n) is 4.41. The van der Waals surface area contributed by atoms with Crippen LogP contribution in [0.4, 0.5) is 0 Å². The molecule has 2 aromatic heterocycles. The predicted molar refractivity (Wildman–Crippen MR) is 249 cm³/mol. The average Bonchev–Trinajstić information content (AvgIpc) is 3.24. The minimum atomic E-state index is -0.758. The number of nitrogens with two attached hydrogens (primary N) is 1. The van der Waals surface area contributed by atoms with Crippen LogP contribution < -0.4 is 15.2 Å². The van der Waals surface area contributed by atoms with E-state index >= 15 is 0 Å². The first-order valence-corrected chi connectivity index (χ1v) is 24.2. The van der Waals surface area contributed by atoms with Crippen molar-refractivity contribution in [1.82, 2.24) is 9.97 Å². The first kappa shape index (κ1) is 50.0. The maximum absolute atomic E-state index is 12.2. The summed E-state index contributed by atoms with van der Waals surface area (Å²) in [5.74, 6) is -0.552. The fraction of sp³-hybridized carbons (Fsp3) is 0.317.